The molecule has 1 saturated carbocycles. The fourth-order valence-electron chi connectivity index (χ4n) is 3.81. The zero-order valence-corrected chi connectivity index (χ0v) is 16.7. The molecular formula is C19H36N4O3. The Morgan fingerprint density at radius 1 is 1.31 bits per heavy atom. The Morgan fingerprint density at radius 3 is 2.69 bits per heavy atom. The molecule has 1 amide bonds. The summed E-state index contributed by atoms with van der Waals surface area (Å²) >= 11 is 0. The first-order valence-electron chi connectivity index (χ1n) is 9.89. The van der Waals surface area contributed by atoms with Crippen molar-refractivity contribution in [2.45, 2.75) is 38.5 Å². The first-order chi connectivity index (χ1) is 12.6. The quantitative estimate of drug-likeness (QED) is 0.364. The number of carbonyl (C=O) groups excluding carboxylic acids is 1. The Hall–Kier alpha value is -1.34. The molecule has 2 rings (SSSR count). The summed E-state index contributed by atoms with van der Waals surface area (Å²) in [5.74, 6) is 1.54. The van der Waals surface area contributed by atoms with E-state index in [2.05, 4.69) is 15.6 Å². The molecule has 2 N–H and O–H groups in total. The van der Waals surface area contributed by atoms with Crippen LogP contribution in [0.15, 0.2) is 4.99 Å². The predicted molar refractivity (Wildman–Crippen MR) is 103 cm³/mol. The van der Waals surface area contributed by atoms with Crippen LogP contribution in [0.5, 0.6) is 0 Å². The molecule has 1 saturated heterocycles. The van der Waals surface area contributed by atoms with E-state index < -0.39 is 0 Å². The van der Waals surface area contributed by atoms with Crippen LogP contribution in [0.3, 0.4) is 0 Å². The minimum atomic E-state index is -0.284. The van der Waals surface area contributed by atoms with Gasteiger partial charge in [-0.1, -0.05) is 12.8 Å². The summed E-state index contributed by atoms with van der Waals surface area (Å²) in [6.45, 7) is 4.68. The van der Waals surface area contributed by atoms with Crippen molar-refractivity contribution in [3.63, 3.8) is 0 Å². The van der Waals surface area contributed by atoms with Crippen LogP contribution < -0.4 is 10.6 Å². The molecule has 0 aromatic heterocycles. The van der Waals surface area contributed by atoms with Crippen molar-refractivity contribution >= 4 is 11.9 Å². The van der Waals surface area contributed by atoms with E-state index in [0.717, 1.165) is 77.5 Å². The number of guanidine groups is 1. The summed E-state index contributed by atoms with van der Waals surface area (Å²) in [7, 11) is 5.45. The maximum atomic E-state index is 12.6. The van der Waals surface area contributed by atoms with E-state index in [1.807, 2.05) is 14.1 Å². The van der Waals surface area contributed by atoms with Gasteiger partial charge < -0.3 is 25.0 Å². The van der Waals surface area contributed by atoms with Gasteiger partial charge in [0, 0.05) is 53.4 Å². The number of hydrogen-bond acceptors (Lipinski definition) is 4. The summed E-state index contributed by atoms with van der Waals surface area (Å²) < 4.78 is 11.1. The Kier molecular flexibility index (Phi) is 8.65. The molecule has 0 aromatic carbocycles. The highest BCUT2D eigenvalue weighted by atomic mass is 16.5. The third-order valence-corrected chi connectivity index (χ3v) is 5.37. The first-order valence-corrected chi connectivity index (χ1v) is 9.89. The molecule has 2 aliphatic rings. The van der Waals surface area contributed by atoms with Crippen molar-refractivity contribution in [3.05, 3.63) is 0 Å². The van der Waals surface area contributed by atoms with Crippen LogP contribution in [0.1, 0.15) is 38.5 Å². The molecule has 150 valence electrons. The van der Waals surface area contributed by atoms with E-state index in [-0.39, 0.29) is 11.3 Å². The van der Waals surface area contributed by atoms with Crippen molar-refractivity contribution in [1.29, 1.82) is 0 Å². The van der Waals surface area contributed by atoms with Gasteiger partial charge in [-0.3, -0.25) is 9.79 Å². The largest absolute Gasteiger partial charge is 0.381 e. The molecule has 0 bridgehead atoms. The summed E-state index contributed by atoms with van der Waals surface area (Å²) in [5, 5.41) is 6.67. The van der Waals surface area contributed by atoms with Crippen LogP contribution in [0.2, 0.25) is 0 Å². The zero-order valence-electron chi connectivity index (χ0n) is 16.7. The van der Waals surface area contributed by atoms with Gasteiger partial charge in [0.05, 0.1) is 18.6 Å². The van der Waals surface area contributed by atoms with E-state index in [9.17, 15) is 4.79 Å². The molecule has 0 spiro atoms. The van der Waals surface area contributed by atoms with E-state index in [0.29, 0.717) is 12.5 Å². The van der Waals surface area contributed by atoms with E-state index >= 15 is 0 Å². The van der Waals surface area contributed by atoms with Gasteiger partial charge in [-0.2, -0.15) is 0 Å². The van der Waals surface area contributed by atoms with Gasteiger partial charge in [-0.05, 0) is 25.7 Å². The molecule has 7 nitrogen and oxygen atoms in total. The van der Waals surface area contributed by atoms with Crippen LogP contribution in [0.25, 0.3) is 0 Å². The van der Waals surface area contributed by atoms with E-state index in [1.54, 1.807) is 11.9 Å². The van der Waals surface area contributed by atoms with E-state index in [1.165, 1.54) is 0 Å². The number of rotatable bonds is 9. The number of hydrogen-bond donors (Lipinski definition) is 2. The average molecular weight is 369 g/mol. The lowest BCUT2D eigenvalue weighted by Crippen LogP contribution is -2.49. The lowest BCUT2D eigenvalue weighted by Gasteiger charge is -2.31. The highest BCUT2D eigenvalue weighted by Crippen LogP contribution is 2.38. The normalized spacial score (nSPS) is 22.4. The van der Waals surface area contributed by atoms with Gasteiger partial charge in [-0.15, -0.1) is 0 Å². The van der Waals surface area contributed by atoms with Crippen molar-refractivity contribution in [2.75, 3.05) is 60.7 Å². The number of carbonyl (C=O) groups is 1. The zero-order chi connectivity index (χ0) is 18.8. The molecular weight excluding hydrogens is 332 g/mol. The standard InChI is InChI=1S/C19H36N4O3/c1-20-18(21-10-6-11-25-13-16-7-12-26-14-16)22-15-19(8-4-5-9-19)17(24)23(2)3/h16H,4-15H2,1-3H3,(H2,20,21,22). The highest BCUT2D eigenvalue weighted by Gasteiger charge is 2.42. The number of ether oxygens (including phenoxy) is 2. The van der Waals surface area contributed by atoms with Gasteiger partial charge in [0.2, 0.25) is 5.91 Å². The maximum absolute atomic E-state index is 12.6. The second-order valence-corrected chi connectivity index (χ2v) is 7.70. The number of nitrogens with one attached hydrogen (secondary N) is 2. The Balaban J connectivity index is 1.64. The van der Waals surface area contributed by atoms with Crippen molar-refractivity contribution in [1.82, 2.24) is 15.5 Å². The van der Waals surface area contributed by atoms with Gasteiger partial charge in [-0.25, -0.2) is 0 Å². The molecule has 1 aliphatic carbocycles. The smallest absolute Gasteiger partial charge is 0.230 e. The number of aliphatic imine (C=N–C) groups is 1. The molecule has 1 heterocycles. The summed E-state index contributed by atoms with van der Waals surface area (Å²) in [6, 6.07) is 0. The molecule has 1 aliphatic heterocycles. The Labute approximate surface area is 157 Å². The summed E-state index contributed by atoms with van der Waals surface area (Å²) in [6.07, 6.45) is 6.19. The minimum absolute atomic E-state index is 0.224. The van der Waals surface area contributed by atoms with Crippen LogP contribution >= 0.6 is 0 Å². The molecule has 1 unspecified atom stereocenters. The van der Waals surface area contributed by atoms with Crippen molar-refractivity contribution in [3.8, 4) is 0 Å². The summed E-state index contributed by atoms with van der Waals surface area (Å²) in [4.78, 5) is 18.6. The van der Waals surface area contributed by atoms with Crippen molar-refractivity contribution in [2.24, 2.45) is 16.3 Å². The SMILES string of the molecule is CN=C(NCCCOCC1CCOC1)NCC1(C(=O)N(C)C)CCCC1. The first kappa shape index (κ1) is 21.0. The average Bonchev–Trinajstić information content (AvgIpc) is 3.32. The van der Waals surface area contributed by atoms with Gasteiger partial charge in [0.25, 0.3) is 0 Å². The minimum Gasteiger partial charge on any atom is -0.381 e. The molecule has 0 radical (unpaired) electrons. The topological polar surface area (TPSA) is 75.2 Å². The Bertz CT molecular complexity index is 456. The fourth-order valence-corrected chi connectivity index (χ4v) is 3.81. The summed E-state index contributed by atoms with van der Waals surface area (Å²) in [5.41, 5.74) is -0.284. The van der Waals surface area contributed by atoms with Crippen molar-refractivity contribution < 1.29 is 14.3 Å². The van der Waals surface area contributed by atoms with Gasteiger partial charge in [0.1, 0.15) is 0 Å². The predicted octanol–water partition coefficient (Wildman–Crippen LogP) is 1.24. The van der Waals surface area contributed by atoms with Crippen LogP contribution in [0, 0.1) is 11.3 Å². The second-order valence-electron chi connectivity index (χ2n) is 7.70. The third-order valence-electron chi connectivity index (χ3n) is 5.37. The lowest BCUT2D eigenvalue weighted by molar-refractivity contribution is -0.138. The van der Waals surface area contributed by atoms with E-state index in [4.69, 9.17) is 9.47 Å². The monoisotopic (exact) mass is 368 g/mol. The third kappa shape index (κ3) is 6.13. The molecule has 0 aromatic rings. The number of nitrogens with zero attached hydrogens (tertiary/aromatic N) is 2. The second kappa shape index (κ2) is 10.7. The number of amides is 1. The van der Waals surface area contributed by atoms with Gasteiger partial charge in [0.15, 0.2) is 5.96 Å². The maximum Gasteiger partial charge on any atom is 0.230 e. The molecule has 1 atom stereocenters. The highest BCUT2D eigenvalue weighted by molar-refractivity contribution is 5.85. The van der Waals surface area contributed by atoms with Crippen LogP contribution in [-0.4, -0.2) is 77.4 Å². The Morgan fingerprint density at radius 2 is 2.08 bits per heavy atom. The molecule has 7 heteroatoms. The van der Waals surface area contributed by atoms with Crippen LogP contribution in [-0.2, 0) is 14.3 Å². The van der Waals surface area contributed by atoms with Crippen LogP contribution in [0.4, 0.5) is 0 Å². The molecule has 2 fully saturated rings. The molecule has 26 heavy (non-hydrogen) atoms. The van der Waals surface area contributed by atoms with Gasteiger partial charge >= 0.3 is 0 Å². The fraction of sp³-hybridized carbons (Fsp3) is 0.895. The lowest BCUT2D eigenvalue weighted by atomic mass is 9.84.